The maximum Gasteiger partial charge on any atom is 0.221 e. The molecule has 1 fully saturated rings. The quantitative estimate of drug-likeness (QED) is 0.778. The number of aromatic nitrogens is 2. The molecule has 0 aromatic carbocycles. The van der Waals surface area contributed by atoms with Gasteiger partial charge in [0.1, 0.15) is 16.2 Å². The Kier molecular flexibility index (Phi) is 3.38. The summed E-state index contributed by atoms with van der Waals surface area (Å²) in [5.41, 5.74) is 0. The third-order valence-electron chi connectivity index (χ3n) is 2.43. The lowest BCUT2D eigenvalue weighted by atomic mass is 10.3. The highest BCUT2D eigenvalue weighted by molar-refractivity contribution is 9.10. The van der Waals surface area contributed by atoms with Crippen molar-refractivity contribution in [2.75, 3.05) is 24.5 Å². The van der Waals surface area contributed by atoms with Crippen LogP contribution in [-0.4, -0.2) is 35.5 Å². The van der Waals surface area contributed by atoms with Crippen molar-refractivity contribution < 1.29 is 4.79 Å². The van der Waals surface area contributed by atoms with Crippen molar-refractivity contribution in [2.45, 2.75) is 13.3 Å². The topological polar surface area (TPSA) is 58.1 Å². The largest absolute Gasteiger partial charge is 0.354 e. The highest BCUT2D eigenvalue weighted by atomic mass is 79.9. The number of amides is 1. The summed E-state index contributed by atoms with van der Waals surface area (Å²) < 4.78 is 0.776. The predicted molar refractivity (Wildman–Crippen MR) is 64.3 cm³/mol. The van der Waals surface area contributed by atoms with Crippen LogP contribution in [-0.2, 0) is 4.79 Å². The van der Waals surface area contributed by atoms with Crippen molar-refractivity contribution in [3.63, 3.8) is 0 Å². The summed E-state index contributed by atoms with van der Waals surface area (Å²) in [5, 5.41) is 2.84. The van der Waals surface area contributed by atoms with Crippen molar-refractivity contribution in [3.8, 4) is 0 Å². The molecule has 0 atom stereocenters. The zero-order valence-electron chi connectivity index (χ0n) is 9.03. The van der Waals surface area contributed by atoms with Crippen molar-refractivity contribution in [1.29, 1.82) is 0 Å². The number of hydrogen-bond acceptors (Lipinski definition) is 4. The molecule has 0 spiro atoms. The van der Waals surface area contributed by atoms with Gasteiger partial charge in [-0.05, 0) is 22.9 Å². The second kappa shape index (κ2) is 4.78. The minimum absolute atomic E-state index is 0.104. The molecule has 6 heteroatoms. The summed E-state index contributed by atoms with van der Waals surface area (Å²) in [6, 6.07) is 1.88. The number of nitrogens with zero attached hydrogens (tertiary/aromatic N) is 3. The number of hydrogen-bond donors (Lipinski definition) is 1. The van der Waals surface area contributed by atoms with Gasteiger partial charge >= 0.3 is 0 Å². The van der Waals surface area contributed by atoms with E-state index in [2.05, 4.69) is 36.1 Å². The lowest BCUT2D eigenvalue weighted by Gasteiger charge is -2.20. The first-order chi connectivity index (χ1) is 7.65. The molecule has 0 aliphatic carbocycles. The minimum atomic E-state index is 0.104. The normalized spacial score (nSPS) is 16.9. The highest BCUT2D eigenvalue weighted by Gasteiger charge is 2.15. The van der Waals surface area contributed by atoms with Gasteiger partial charge in [0.25, 0.3) is 0 Å². The molecule has 2 heterocycles. The van der Waals surface area contributed by atoms with Crippen LogP contribution in [0.25, 0.3) is 0 Å². The van der Waals surface area contributed by atoms with Gasteiger partial charge in [0.15, 0.2) is 0 Å². The van der Waals surface area contributed by atoms with E-state index < -0.39 is 0 Å². The van der Waals surface area contributed by atoms with Gasteiger partial charge in [0, 0.05) is 32.1 Å². The van der Waals surface area contributed by atoms with E-state index in [-0.39, 0.29) is 5.91 Å². The Morgan fingerprint density at radius 3 is 3.00 bits per heavy atom. The summed E-state index contributed by atoms with van der Waals surface area (Å²) >= 11 is 3.35. The maximum atomic E-state index is 11.2. The average Bonchev–Trinajstić information content (AvgIpc) is 2.41. The van der Waals surface area contributed by atoms with Crippen LogP contribution in [0, 0.1) is 6.92 Å². The fourth-order valence-electron chi connectivity index (χ4n) is 1.67. The first-order valence-corrected chi connectivity index (χ1v) is 5.97. The Labute approximate surface area is 102 Å². The van der Waals surface area contributed by atoms with Crippen LogP contribution in [0.15, 0.2) is 10.7 Å². The van der Waals surface area contributed by atoms with Crippen LogP contribution in [0.4, 0.5) is 5.82 Å². The van der Waals surface area contributed by atoms with E-state index in [0.717, 1.165) is 22.8 Å². The molecule has 1 aromatic heterocycles. The summed E-state index contributed by atoms with van der Waals surface area (Å²) in [6.07, 6.45) is 0.515. The van der Waals surface area contributed by atoms with Gasteiger partial charge in [-0.15, -0.1) is 0 Å². The third kappa shape index (κ3) is 2.69. The van der Waals surface area contributed by atoms with E-state index >= 15 is 0 Å². The molecule has 86 valence electrons. The van der Waals surface area contributed by atoms with E-state index in [4.69, 9.17) is 0 Å². The Hall–Kier alpha value is -1.17. The molecule has 1 amide bonds. The highest BCUT2D eigenvalue weighted by Crippen LogP contribution is 2.17. The Balaban J connectivity index is 2.19. The lowest BCUT2D eigenvalue weighted by molar-refractivity contribution is -0.120. The smallest absolute Gasteiger partial charge is 0.221 e. The zero-order chi connectivity index (χ0) is 11.5. The van der Waals surface area contributed by atoms with Gasteiger partial charge in [-0.25, -0.2) is 9.97 Å². The Bertz CT molecular complexity index is 390. The number of carbonyl (C=O) groups excluding carboxylic acids is 1. The van der Waals surface area contributed by atoms with Crippen LogP contribution in [0.1, 0.15) is 12.2 Å². The number of carbonyl (C=O) groups is 1. The molecule has 1 saturated heterocycles. The number of rotatable bonds is 1. The molecule has 1 aliphatic heterocycles. The molecule has 1 N–H and O–H groups in total. The second-order valence-electron chi connectivity index (χ2n) is 3.68. The monoisotopic (exact) mass is 284 g/mol. The van der Waals surface area contributed by atoms with E-state index in [9.17, 15) is 4.79 Å². The Morgan fingerprint density at radius 2 is 2.25 bits per heavy atom. The number of halogens is 1. The van der Waals surface area contributed by atoms with Gasteiger partial charge in [0.2, 0.25) is 5.91 Å². The molecule has 1 aromatic rings. The zero-order valence-corrected chi connectivity index (χ0v) is 10.6. The van der Waals surface area contributed by atoms with Crippen LogP contribution < -0.4 is 10.2 Å². The van der Waals surface area contributed by atoms with Crippen molar-refractivity contribution in [1.82, 2.24) is 15.3 Å². The minimum Gasteiger partial charge on any atom is -0.354 e. The average molecular weight is 285 g/mol. The van der Waals surface area contributed by atoms with E-state index in [1.165, 1.54) is 0 Å². The number of nitrogens with one attached hydrogen (secondary N) is 1. The van der Waals surface area contributed by atoms with E-state index in [1.54, 1.807) is 0 Å². The van der Waals surface area contributed by atoms with Crippen LogP contribution in [0.2, 0.25) is 0 Å². The second-order valence-corrected chi connectivity index (χ2v) is 4.50. The maximum absolute atomic E-state index is 11.2. The molecule has 16 heavy (non-hydrogen) atoms. The molecule has 2 rings (SSSR count). The van der Waals surface area contributed by atoms with E-state index in [0.29, 0.717) is 19.5 Å². The van der Waals surface area contributed by atoms with E-state index in [1.807, 2.05) is 13.0 Å². The van der Waals surface area contributed by atoms with Crippen LogP contribution in [0.3, 0.4) is 0 Å². The summed E-state index contributed by atoms with van der Waals surface area (Å²) in [6.45, 7) is 4.01. The number of aryl methyl sites for hydroxylation is 1. The third-order valence-corrected chi connectivity index (χ3v) is 2.84. The fourth-order valence-corrected chi connectivity index (χ4v) is 2.14. The first kappa shape index (κ1) is 11.3. The van der Waals surface area contributed by atoms with Crippen LogP contribution >= 0.6 is 15.9 Å². The van der Waals surface area contributed by atoms with Gasteiger partial charge in [-0.3, -0.25) is 4.79 Å². The molecule has 0 bridgehead atoms. The number of anilines is 1. The van der Waals surface area contributed by atoms with Gasteiger partial charge in [0.05, 0.1) is 0 Å². The molecule has 0 unspecified atom stereocenters. The Morgan fingerprint density at radius 1 is 1.44 bits per heavy atom. The lowest BCUT2D eigenvalue weighted by Crippen LogP contribution is -2.29. The van der Waals surface area contributed by atoms with Gasteiger partial charge in [-0.1, -0.05) is 0 Å². The summed E-state index contributed by atoms with van der Waals surface area (Å²) in [5.74, 6) is 1.70. The standard InChI is InChI=1S/C10H13BrN4O/c1-7-13-8(11)6-9(14-7)15-4-2-10(16)12-3-5-15/h6H,2-5H2,1H3,(H,12,16). The molecule has 0 radical (unpaired) electrons. The molecule has 1 aliphatic rings. The molecule has 0 saturated carbocycles. The van der Waals surface area contributed by atoms with Crippen LogP contribution in [0.5, 0.6) is 0 Å². The fraction of sp³-hybridized carbons (Fsp3) is 0.500. The predicted octanol–water partition coefficient (Wildman–Crippen LogP) is 0.874. The molecular weight excluding hydrogens is 272 g/mol. The van der Waals surface area contributed by atoms with Gasteiger partial charge in [-0.2, -0.15) is 0 Å². The first-order valence-electron chi connectivity index (χ1n) is 5.18. The van der Waals surface area contributed by atoms with Crippen molar-refractivity contribution in [3.05, 3.63) is 16.5 Å². The van der Waals surface area contributed by atoms with Crippen molar-refractivity contribution in [2.24, 2.45) is 0 Å². The van der Waals surface area contributed by atoms with Crippen molar-refractivity contribution >= 4 is 27.7 Å². The van der Waals surface area contributed by atoms with Gasteiger partial charge < -0.3 is 10.2 Å². The summed E-state index contributed by atoms with van der Waals surface area (Å²) in [7, 11) is 0. The molecule has 5 nitrogen and oxygen atoms in total. The molecular formula is C10H13BrN4O. The summed E-state index contributed by atoms with van der Waals surface area (Å²) in [4.78, 5) is 21.8. The SMILES string of the molecule is Cc1nc(Br)cc(N2CCNC(=O)CC2)n1.